The van der Waals surface area contributed by atoms with Gasteiger partial charge in [-0.25, -0.2) is 4.39 Å². The van der Waals surface area contributed by atoms with Crippen molar-refractivity contribution in [1.82, 2.24) is 4.90 Å². The maximum absolute atomic E-state index is 13.3. The van der Waals surface area contributed by atoms with Gasteiger partial charge in [0.1, 0.15) is 5.82 Å². The van der Waals surface area contributed by atoms with E-state index in [-0.39, 0.29) is 5.82 Å². The molecule has 1 aromatic carbocycles. The van der Waals surface area contributed by atoms with Gasteiger partial charge in [-0.3, -0.25) is 4.90 Å². The maximum atomic E-state index is 13.3. The van der Waals surface area contributed by atoms with Gasteiger partial charge in [0.05, 0.1) is 0 Å². The van der Waals surface area contributed by atoms with Gasteiger partial charge in [-0.2, -0.15) is 11.8 Å². The lowest BCUT2D eigenvalue weighted by Gasteiger charge is -2.37. The normalized spacial score (nSPS) is 26.1. The number of nitrogens with zero attached hydrogens (tertiary/aromatic N) is 1. The first-order valence-electron chi connectivity index (χ1n) is 5.97. The summed E-state index contributed by atoms with van der Waals surface area (Å²) < 4.78 is 13.3. The van der Waals surface area contributed by atoms with E-state index < -0.39 is 0 Å². The lowest BCUT2D eigenvalue weighted by molar-refractivity contribution is 0.204. The SMILES string of the molecule is CC1SCCN(Cc2cc(N)cc(F)c2)C1C. The van der Waals surface area contributed by atoms with Crippen molar-refractivity contribution in [3.05, 3.63) is 29.6 Å². The van der Waals surface area contributed by atoms with Gasteiger partial charge in [-0.05, 0) is 30.7 Å². The molecular weight excluding hydrogens is 235 g/mol. The lowest BCUT2D eigenvalue weighted by atomic mass is 10.1. The van der Waals surface area contributed by atoms with Crippen LogP contribution in [0.3, 0.4) is 0 Å². The third kappa shape index (κ3) is 3.13. The molecule has 0 saturated carbocycles. The van der Waals surface area contributed by atoms with Gasteiger partial charge in [-0.15, -0.1) is 0 Å². The fraction of sp³-hybridized carbons (Fsp3) is 0.538. The summed E-state index contributed by atoms with van der Waals surface area (Å²) in [5, 5.41) is 0.634. The van der Waals surface area contributed by atoms with Crippen LogP contribution in [0.2, 0.25) is 0 Å². The summed E-state index contributed by atoms with van der Waals surface area (Å²) in [4.78, 5) is 2.40. The van der Waals surface area contributed by atoms with E-state index in [9.17, 15) is 4.39 Å². The Morgan fingerprint density at radius 2 is 2.18 bits per heavy atom. The molecule has 2 rings (SSSR count). The number of nitrogens with two attached hydrogens (primary N) is 1. The first-order chi connectivity index (χ1) is 8.06. The number of halogens is 1. The molecule has 0 spiro atoms. The highest BCUT2D eigenvalue weighted by Crippen LogP contribution is 2.26. The highest BCUT2D eigenvalue weighted by Gasteiger charge is 2.25. The minimum Gasteiger partial charge on any atom is -0.399 e. The molecule has 1 aromatic rings. The van der Waals surface area contributed by atoms with Crippen LogP contribution in [0.25, 0.3) is 0 Å². The van der Waals surface area contributed by atoms with E-state index in [0.29, 0.717) is 17.0 Å². The smallest absolute Gasteiger partial charge is 0.125 e. The predicted octanol–water partition coefficient (Wildman–Crippen LogP) is 2.73. The van der Waals surface area contributed by atoms with E-state index in [2.05, 4.69) is 18.7 Å². The molecule has 0 amide bonds. The van der Waals surface area contributed by atoms with Crippen molar-refractivity contribution < 1.29 is 4.39 Å². The van der Waals surface area contributed by atoms with Crippen LogP contribution in [0.1, 0.15) is 19.4 Å². The topological polar surface area (TPSA) is 29.3 Å². The third-order valence-electron chi connectivity index (χ3n) is 3.38. The van der Waals surface area contributed by atoms with E-state index >= 15 is 0 Å². The van der Waals surface area contributed by atoms with Gasteiger partial charge < -0.3 is 5.73 Å². The van der Waals surface area contributed by atoms with E-state index in [1.54, 1.807) is 6.07 Å². The van der Waals surface area contributed by atoms with E-state index in [4.69, 9.17) is 5.73 Å². The van der Waals surface area contributed by atoms with Gasteiger partial charge >= 0.3 is 0 Å². The molecule has 1 aliphatic heterocycles. The number of anilines is 1. The molecule has 0 aromatic heterocycles. The van der Waals surface area contributed by atoms with Crippen molar-refractivity contribution >= 4 is 17.4 Å². The minimum atomic E-state index is -0.243. The second kappa shape index (κ2) is 5.27. The summed E-state index contributed by atoms with van der Waals surface area (Å²) in [6, 6.07) is 5.33. The number of hydrogen-bond donors (Lipinski definition) is 1. The molecular formula is C13H19FN2S. The van der Waals surface area contributed by atoms with Crippen LogP contribution < -0.4 is 5.73 Å². The fourth-order valence-corrected chi connectivity index (χ4v) is 3.38. The monoisotopic (exact) mass is 254 g/mol. The van der Waals surface area contributed by atoms with Crippen LogP contribution in [-0.2, 0) is 6.54 Å². The molecule has 1 aliphatic rings. The predicted molar refractivity (Wildman–Crippen MR) is 72.6 cm³/mol. The Balaban J connectivity index is 2.09. The molecule has 2 nitrogen and oxygen atoms in total. The molecule has 0 bridgehead atoms. The van der Waals surface area contributed by atoms with Gasteiger partial charge in [0.15, 0.2) is 0 Å². The van der Waals surface area contributed by atoms with Crippen molar-refractivity contribution in [2.24, 2.45) is 0 Å². The largest absolute Gasteiger partial charge is 0.399 e. The van der Waals surface area contributed by atoms with E-state index in [0.717, 1.165) is 24.4 Å². The summed E-state index contributed by atoms with van der Waals surface area (Å²) in [6.07, 6.45) is 0. The second-order valence-electron chi connectivity index (χ2n) is 4.68. The minimum absolute atomic E-state index is 0.243. The fourth-order valence-electron chi connectivity index (χ4n) is 2.22. The van der Waals surface area contributed by atoms with Crippen LogP contribution in [-0.4, -0.2) is 28.5 Å². The van der Waals surface area contributed by atoms with E-state index in [1.807, 2.05) is 17.8 Å². The van der Waals surface area contributed by atoms with Gasteiger partial charge in [0.25, 0.3) is 0 Å². The Morgan fingerprint density at radius 1 is 1.41 bits per heavy atom. The van der Waals surface area contributed by atoms with Crippen LogP contribution in [0.15, 0.2) is 18.2 Å². The molecule has 2 atom stereocenters. The number of thioether (sulfide) groups is 1. The van der Waals surface area contributed by atoms with Crippen molar-refractivity contribution in [2.45, 2.75) is 31.7 Å². The van der Waals surface area contributed by atoms with Crippen molar-refractivity contribution in [1.29, 1.82) is 0 Å². The number of nitrogen functional groups attached to an aromatic ring is 1. The van der Waals surface area contributed by atoms with Crippen LogP contribution >= 0.6 is 11.8 Å². The number of rotatable bonds is 2. The maximum Gasteiger partial charge on any atom is 0.125 e. The Labute approximate surface area is 106 Å². The lowest BCUT2D eigenvalue weighted by Crippen LogP contribution is -2.43. The molecule has 0 radical (unpaired) electrons. The van der Waals surface area contributed by atoms with Crippen LogP contribution in [0, 0.1) is 5.82 Å². The van der Waals surface area contributed by atoms with Crippen molar-refractivity contribution in [2.75, 3.05) is 18.0 Å². The highest BCUT2D eigenvalue weighted by molar-refractivity contribution is 8.00. The standard InChI is InChI=1S/C13H19FN2S/c1-9-10(2)17-4-3-16(9)8-11-5-12(14)7-13(15)6-11/h5-7,9-10H,3-4,8,15H2,1-2H3. The van der Waals surface area contributed by atoms with Crippen LogP contribution in [0.5, 0.6) is 0 Å². The van der Waals surface area contributed by atoms with E-state index in [1.165, 1.54) is 6.07 Å². The zero-order valence-electron chi connectivity index (χ0n) is 10.3. The average Bonchev–Trinajstić information content (AvgIpc) is 2.23. The first-order valence-corrected chi connectivity index (χ1v) is 7.02. The second-order valence-corrected chi connectivity index (χ2v) is 6.16. The first kappa shape index (κ1) is 12.7. The number of benzene rings is 1. The molecule has 17 heavy (non-hydrogen) atoms. The molecule has 2 N–H and O–H groups in total. The summed E-state index contributed by atoms with van der Waals surface area (Å²) in [6.45, 7) is 6.33. The van der Waals surface area contributed by atoms with Gasteiger partial charge in [0, 0.05) is 35.8 Å². The number of hydrogen-bond acceptors (Lipinski definition) is 3. The van der Waals surface area contributed by atoms with Crippen molar-refractivity contribution in [3.63, 3.8) is 0 Å². The summed E-state index contributed by atoms with van der Waals surface area (Å²) in [7, 11) is 0. The Hall–Kier alpha value is -0.740. The van der Waals surface area contributed by atoms with Gasteiger partial charge in [-0.1, -0.05) is 6.92 Å². The molecule has 0 aliphatic carbocycles. The Bertz CT molecular complexity index is 377. The molecule has 1 saturated heterocycles. The molecule has 1 fully saturated rings. The molecule has 4 heteroatoms. The summed E-state index contributed by atoms with van der Waals surface area (Å²) in [5.74, 6) is 0.906. The molecule has 2 unspecified atom stereocenters. The van der Waals surface area contributed by atoms with Gasteiger partial charge in [0.2, 0.25) is 0 Å². The molecule has 1 heterocycles. The molecule has 94 valence electrons. The van der Waals surface area contributed by atoms with Crippen LogP contribution in [0.4, 0.5) is 10.1 Å². The summed E-state index contributed by atoms with van der Waals surface area (Å²) in [5.41, 5.74) is 7.14. The van der Waals surface area contributed by atoms with Crippen molar-refractivity contribution in [3.8, 4) is 0 Å². The Morgan fingerprint density at radius 3 is 2.88 bits per heavy atom. The highest BCUT2D eigenvalue weighted by atomic mass is 32.2. The summed E-state index contributed by atoms with van der Waals surface area (Å²) >= 11 is 2.01. The quantitative estimate of drug-likeness (QED) is 0.823. The third-order valence-corrected chi connectivity index (χ3v) is 4.72. The Kier molecular flexibility index (Phi) is 3.94. The zero-order valence-corrected chi connectivity index (χ0v) is 11.1. The average molecular weight is 254 g/mol. The zero-order chi connectivity index (χ0) is 12.4.